The average Bonchev–Trinajstić information content (AvgIpc) is 3.09. The summed E-state index contributed by atoms with van der Waals surface area (Å²) in [5.41, 5.74) is 0.180. The van der Waals surface area contributed by atoms with E-state index in [4.69, 9.17) is 28.3 Å². The van der Waals surface area contributed by atoms with Gasteiger partial charge in [0.2, 0.25) is 6.29 Å². The minimum absolute atomic E-state index is 0.0145. The summed E-state index contributed by atoms with van der Waals surface area (Å²) < 4.78 is 22.2. The first-order chi connectivity index (χ1) is 23.0. The van der Waals surface area contributed by atoms with Gasteiger partial charge in [0.25, 0.3) is 0 Å². The van der Waals surface area contributed by atoms with Gasteiger partial charge in [-0.05, 0) is 31.0 Å². The Morgan fingerprint density at radius 1 is 0.812 bits per heavy atom. The molecule has 48 heavy (non-hydrogen) atoms. The van der Waals surface area contributed by atoms with Crippen LogP contribution in [0.15, 0.2) is 63.8 Å². The maximum absolute atomic E-state index is 13.2. The van der Waals surface area contributed by atoms with E-state index in [0.29, 0.717) is 10.9 Å². The van der Waals surface area contributed by atoms with Crippen LogP contribution in [-0.4, -0.2) is 134 Å². The van der Waals surface area contributed by atoms with Crippen LogP contribution in [0.4, 0.5) is 0 Å². The van der Waals surface area contributed by atoms with Crippen LogP contribution in [0.25, 0.3) is 11.0 Å². The van der Waals surface area contributed by atoms with Crippen molar-refractivity contribution in [2.45, 2.75) is 86.7 Å². The fourth-order valence-corrected chi connectivity index (χ4v) is 6.06. The van der Waals surface area contributed by atoms with Gasteiger partial charge in [-0.1, -0.05) is 47.7 Å². The molecule has 2 aliphatic heterocycles. The monoisotopic (exact) mass is 679 g/mol. The Hall–Kier alpha value is -3.07. The molecule has 2 fully saturated rings. The van der Waals surface area contributed by atoms with E-state index in [-0.39, 0.29) is 23.3 Å². The SMILES string of the molecule is CON(OC1O[C@H](CO)[C@@H](O[C@H]2O[C@H](CO)[C@@H](O)[C@H](O)[C@H]2O)[C@H](O)[C@H]1O)C(C)CC(c1ccccc1)c1c(O)c2ccccc2oc1=O. The molecule has 5 rings (SSSR count). The molecule has 3 aromatic rings. The van der Waals surface area contributed by atoms with Gasteiger partial charge in [0.15, 0.2) is 6.29 Å². The van der Waals surface area contributed by atoms with Gasteiger partial charge in [0.05, 0.1) is 37.3 Å². The molecule has 0 radical (unpaired) electrons. The van der Waals surface area contributed by atoms with E-state index in [1.165, 1.54) is 7.11 Å². The van der Waals surface area contributed by atoms with Crippen LogP contribution in [0.5, 0.6) is 5.75 Å². The van der Waals surface area contributed by atoms with Gasteiger partial charge in [-0.25, -0.2) is 9.63 Å². The molecule has 0 spiro atoms. The summed E-state index contributed by atoms with van der Waals surface area (Å²) >= 11 is 0. The molecule has 264 valence electrons. The molecule has 0 bridgehead atoms. The maximum atomic E-state index is 13.2. The van der Waals surface area contributed by atoms with Crippen molar-refractivity contribution < 1.29 is 69.2 Å². The van der Waals surface area contributed by atoms with Crippen molar-refractivity contribution in [1.29, 1.82) is 0 Å². The number of ether oxygens (including phenoxy) is 3. The minimum atomic E-state index is -1.82. The Morgan fingerprint density at radius 3 is 2.10 bits per heavy atom. The van der Waals surface area contributed by atoms with E-state index >= 15 is 0 Å². The van der Waals surface area contributed by atoms with Gasteiger partial charge in [0.1, 0.15) is 60.2 Å². The predicted molar refractivity (Wildman–Crippen MR) is 163 cm³/mol. The number of rotatable bonds is 12. The molecule has 1 aromatic heterocycles. The lowest BCUT2D eigenvalue weighted by atomic mass is 9.86. The maximum Gasteiger partial charge on any atom is 0.343 e. The summed E-state index contributed by atoms with van der Waals surface area (Å²) in [4.78, 5) is 24.5. The topological polar surface area (TPSA) is 241 Å². The molecule has 2 aliphatic rings. The smallest absolute Gasteiger partial charge is 0.343 e. The number of hydrogen-bond acceptors (Lipinski definition) is 16. The summed E-state index contributed by atoms with van der Waals surface area (Å²) in [7, 11) is 1.27. The second kappa shape index (κ2) is 15.6. The van der Waals surface area contributed by atoms with Crippen molar-refractivity contribution in [3.05, 3.63) is 76.1 Å². The van der Waals surface area contributed by atoms with Crippen molar-refractivity contribution in [2.24, 2.45) is 0 Å². The molecule has 8 N–H and O–H groups in total. The molecule has 16 nitrogen and oxygen atoms in total. The number of aliphatic hydroxyl groups is 7. The summed E-state index contributed by atoms with van der Waals surface area (Å²) in [6.45, 7) is 0.193. The zero-order valence-corrected chi connectivity index (χ0v) is 26.1. The first-order valence-corrected chi connectivity index (χ1v) is 15.4. The number of benzene rings is 2. The lowest BCUT2D eigenvalue weighted by Crippen LogP contribution is -2.65. The third-order valence-corrected chi connectivity index (χ3v) is 8.66. The highest BCUT2D eigenvalue weighted by atomic mass is 17.0. The predicted octanol–water partition coefficient (Wildman–Crippen LogP) is -1.17. The number of aromatic hydroxyl groups is 1. The van der Waals surface area contributed by atoms with Gasteiger partial charge < -0.3 is 59.5 Å². The minimum Gasteiger partial charge on any atom is -0.507 e. The molecule has 3 unspecified atom stereocenters. The fourth-order valence-electron chi connectivity index (χ4n) is 6.06. The van der Waals surface area contributed by atoms with Gasteiger partial charge in [0, 0.05) is 5.92 Å². The molecule has 0 aliphatic carbocycles. The van der Waals surface area contributed by atoms with Crippen LogP contribution in [0.2, 0.25) is 0 Å². The summed E-state index contributed by atoms with van der Waals surface area (Å²) in [6, 6.07) is 14.8. The van der Waals surface area contributed by atoms with E-state index in [9.17, 15) is 45.6 Å². The second-order valence-electron chi connectivity index (χ2n) is 11.8. The highest BCUT2D eigenvalue weighted by molar-refractivity contribution is 5.84. The molecular formula is C32H41NO15. The van der Waals surface area contributed by atoms with E-state index < -0.39 is 92.2 Å². The number of para-hydroxylation sites is 1. The summed E-state index contributed by atoms with van der Waals surface area (Å²) in [5, 5.41) is 84.6. The Labute approximate surface area is 274 Å². The number of nitrogens with zero attached hydrogens (tertiary/aromatic N) is 1. The van der Waals surface area contributed by atoms with Crippen molar-refractivity contribution in [2.75, 3.05) is 20.3 Å². The van der Waals surface area contributed by atoms with E-state index in [0.717, 1.165) is 5.23 Å². The van der Waals surface area contributed by atoms with E-state index in [1.807, 2.05) is 0 Å². The summed E-state index contributed by atoms with van der Waals surface area (Å²) in [6.07, 6.45) is -16.3. The largest absolute Gasteiger partial charge is 0.507 e. The molecule has 2 aromatic carbocycles. The van der Waals surface area contributed by atoms with Crippen molar-refractivity contribution in [3.8, 4) is 5.75 Å². The third kappa shape index (κ3) is 7.26. The van der Waals surface area contributed by atoms with Crippen LogP contribution < -0.4 is 5.63 Å². The van der Waals surface area contributed by atoms with Crippen LogP contribution in [-0.2, 0) is 23.9 Å². The number of fused-ring (bicyclic) bond motifs is 1. The number of hydrogen-bond donors (Lipinski definition) is 8. The van der Waals surface area contributed by atoms with Crippen molar-refractivity contribution in [3.63, 3.8) is 0 Å². The quantitative estimate of drug-likeness (QED) is 0.0831. The third-order valence-electron chi connectivity index (χ3n) is 8.66. The van der Waals surface area contributed by atoms with Crippen molar-refractivity contribution in [1.82, 2.24) is 5.23 Å². The molecule has 3 heterocycles. The van der Waals surface area contributed by atoms with Crippen LogP contribution in [0.1, 0.15) is 30.4 Å². The zero-order chi connectivity index (χ0) is 34.7. The lowest BCUT2D eigenvalue weighted by Gasteiger charge is -2.46. The zero-order valence-electron chi connectivity index (χ0n) is 26.1. The van der Waals surface area contributed by atoms with E-state index in [2.05, 4.69) is 0 Å². The highest BCUT2D eigenvalue weighted by Gasteiger charge is 2.51. The van der Waals surface area contributed by atoms with E-state index in [1.54, 1.807) is 61.5 Å². The van der Waals surface area contributed by atoms with Gasteiger partial charge in [-0.3, -0.25) is 4.84 Å². The number of hydroxylamine groups is 2. The number of aliphatic hydroxyl groups excluding tert-OH is 7. The molecule has 2 saturated heterocycles. The molecule has 16 heteroatoms. The van der Waals surface area contributed by atoms with Crippen LogP contribution in [0.3, 0.4) is 0 Å². The van der Waals surface area contributed by atoms with Crippen LogP contribution in [0, 0.1) is 0 Å². The first-order valence-electron chi connectivity index (χ1n) is 15.4. The standard InChI is InChI=1S/C32H41NO15/c1-15(12-18(16-8-4-3-5-9-16)22-23(36)17-10-6-7-11-19(17)44-30(22)42)33(43-2)48-32-28(41)26(39)29(21(14-35)46-32)47-31-27(40)25(38)24(37)20(13-34)45-31/h3-11,15,18,20-21,24-29,31-32,34-41H,12-14H2,1-2H3/t15?,18?,20-,21-,24-,25+,26-,27-,28-,29-,31-,32?/m1/s1. The van der Waals surface area contributed by atoms with Gasteiger partial charge in [-0.15, -0.1) is 0 Å². The first kappa shape index (κ1) is 36.2. The Bertz CT molecular complexity index is 1540. The second-order valence-corrected chi connectivity index (χ2v) is 11.8. The van der Waals surface area contributed by atoms with Gasteiger partial charge in [-0.2, -0.15) is 0 Å². The Morgan fingerprint density at radius 2 is 1.44 bits per heavy atom. The average molecular weight is 680 g/mol. The molecular weight excluding hydrogens is 638 g/mol. The highest BCUT2D eigenvalue weighted by Crippen LogP contribution is 2.38. The van der Waals surface area contributed by atoms with Crippen LogP contribution >= 0.6 is 0 Å². The molecule has 0 saturated carbocycles. The Kier molecular flexibility index (Phi) is 11.8. The summed E-state index contributed by atoms with van der Waals surface area (Å²) in [5.74, 6) is -0.967. The fraction of sp³-hybridized carbons (Fsp3) is 0.531. The lowest BCUT2D eigenvalue weighted by molar-refractivity contribution is -0.458. The Balaban J connectivity index is 1.34. The van der Waals surface area contributed by atoms with Crippen molar-refractivity contribution >= 4 is 11.0 Å². The normalized spacial score (nSPS) is 32.4. The van der Waals surface area contributed by atoms with Gasteiger partial charge >= 0.3 is 5.63 Å². The molecule has 0 amide bonds. The molecule has 12 atom stereocenters.